The van der Waals surface area contributed by atoms with Crippen LogP contribution in [-0.2, 0) is 43.7 Å². The third kappa shape index (κ3) is 7.37. The van der Waals surface area contributed by atoms with E-state index in [4.69, 9.17) is 21.1 Å². The Hall–Kier alpha value is -3.59. The number of halogens is 1. The van der Waals surface area contributed by atoms with Crippen molar-refractivity contribution in [3.63, 3.8) is 0 Å². The number of nitrogens with zero attached hydrogens (tertiary/aromatic N) is 6. The molecule has 2 aliphatic rings. The molecule has 15 heteroatoms. The van der Waals surface area contributed by atoms with E-state index in [0.717, 1.165) is 28.2 Å². The predicted octanol–water partition coefficient (Wildman–Crippen LogP) is 3.39. The molecule has 3 aromatic rings. The summed E-state index contributed by atoms with van der Waals surface area (Å²) in [5.41, 5.74) is 3.54. The van der Waals surface area contributed by atoms with Crippen molar-refractivity contribution in [2.24, 2.45) is 5.92 Å². The molecule has 2 N–H and O–H groups in total. The second kappa shape index (κ2) is 12.8. The lowest BCUT2D eigenvalue weighted by molar-refractivity contribution is -0.285. The Morgan fingerprint density at radius 1 is 1.16 bits per heavy atom. The second-order valence-corrected chi connectivity index (χ2v) is 13.8. The first-order valence-electron chi connectivity index (χ1n) is 14.3. The maximum atomic E-state index is 13.4. The number of fused-ring (bicyclic) bond motifs is 1. The number of amides is 1. The van der Waals surface area contributed by atoms with E-state index in [0.29, 0.717) is 43.6 Å². The fraction of sp³-hybridized carbons (Fsp3) is 0.483. The van der Waals surface area contributed by atoms with Crippen LogP contribution in [0.5, 0.6) is 0 Å². The molecular formula is C29H37ClN8O5S. The highest BCUT2D eigenvalue weighted by Gasteiger charge is 2.39. The fourth-order valence-corrected chi connectivity index (χ4v) is 5.90. The summed E-state index contributed by atoms with van der Waals surface area (Å²) < 4.78 is 36.8. The van der Waals surface area contributed by atoms with Gasteiger partial charge >= 0.3 is 0 Å². The number of hydrogen-bond donors (Lipinski definition) is 2. The molecular weight excluding hydrogens is 608 g/mol. The molecule has 0 saturated carbocycles. The van der Waals surface area contributed by atoms with Crippen LogP contribution in [-0.4, -0.2) is 84.1 Å². The highest BCUT2D eigenvalue weighted by Crippen LogP contribution is 2.29. The number of benzene rings is 1. The van der Waals surface area contributed by atoms with Crippen LogP contribution in [0.15, 0.2) is 36.8 Å². The van der Waals surface area contributed by atoms with Gasteiger partial charge in [-0.15, -0.1) is 0 Å². The van der Waals surface area contributed by atoms with Crippen LogP contribution in [0.4, 0.5) is 23.3 Å². The van der Waals surface area contributed by atoms with Gasteiger partial charge in [0.15, 0.2) is 17.4 Å². The van der Waals surface area contributed by atoms with Gasteiger partial charge in [0, 0.05) is 38.2 Å². The topological polar surface area (TPSA) is 152 Å². The summed E-state index contributed by atoms with van der Waals surface area (Å²) in [6.07, 6.45) is 6.73. The van der Waals surface area contributed by atoms with Crippen molar-refractivity contribution in [3.8, 4) is 0 Å². The number of carbonyl (C=O) groups excluding carboxylic acids is 1. The van der Waals surface area contributed by atoms with Gasteiger partial charge in [0.2, 0.25) is 21.9 Å². The van der Waals surface area contributed by atoms with Crippen LogP contribution < -0.4 is 14.9 Å². The quantitative estimate of drug-likeness (QED) is 0.371. The van der Waals surface area contributed by atoms with E-state index in [-0.39, 0.29) is 35.3 Å². The molecule has 0 aliphatic carbocycles. The highest BCUT2D eigenvalue weighted by molar-refractivity contribution is 7.92. The molecule has 2 aliphatic heterocycles. The fourth-order valence-electron chi connectivity index (χ4n) is 5.27. The molecule has 2 aromatic heterocycles. The number of carbonyl (C=O) groups is 1. The number of hydrogen-bond acceptors (Lipinski definition) is 11. The van der Waals surface area contributed by atoms with Gasteiger partial charge in [0.1, 0.15) is 10.7 Å². The minimum Gasteiger partial charge on any atom is -0.363 e. The van der Waals surface area contributed by atoms with Crippen molar-refractivity contribution < 1.29 is 22.7 Å². The number of anilines is 4. The Morgan fingerprint density at radius 2 is 1.89 bits per heavy atom. The molecule has 5 rings (SSSR count). The van der Waals surface area contributed by atoms with E-state index < -0.39 is 15.8 Å². The van der Waals surface area contributed by atoms with Gasteiger partial charge in [-0.3, -0.25) is 14.1 Å². The van der Waals surface area contributed by atoms with Crippen LogP contribution in [0, 0.1) is 5.92 Å². The maximum Gasteiger partial charge on any atom is 0.233 e. The van der Waals surface area contributed by atoms with Gasteiger partial charge in [0.05, 0.1) is 37.6 Å². The zero-order chi connectivity index (χ0) is 31.6. The van der Waals surface area contributed by atoms with Gasteiger partial charge in [-0.1, -0.05) is 17.7 Å². The molecule has 1 amide bonds. The molecule has 2 atom stereocenters. The molecule has 13 nitrogen and oxygen atoms in total. The van der Waals surface area contributed by atoms with E-state index in [1.54, 1.807) is 0 Å². The Labute approximate surface area is 262 Å². The van der Waals surface area contributed by atoms with E-state index in [2.05, 4.69) is 42.7 Å². The first-order chi connectivity index (χ1) is 20.8. The molecule has 0 spiro atoms. The summed E-state index contributed by atoms with van der Waals surface area (Å²) in [4.78, 5) is 32.6. The number of aromatic nitrogens is 4. The second-order valence-electron chi connectivity index (χ2n) is 11.4. The van der Waals surface area contributed by atoms with Gasteiger partial charge in [-0.05, 0) is 56.9 Å². The molecule has 4 heterocycles. The normalized spacial score (nSPS) is 19.9. The van der Waals surface area contributed by atoms with E-state index >= 15 is 0 Å². The summed E-state index contributed by atoms with van der Waals surface area (Å²) >= 11 is 6.37. The number of sulfonamides is 1. The van der Waals surface area contributed by atoms with Crippen LogP contribution >= 0.6 is 11.6 Å². The van der Waals surface area contributed by atoms with Gasteiger partial charge in [0.25, 0.3) is 0 Å². The monoisotopic (exact) mass is 644 g/mol. The highest BCUT2D eigenvalue weighted by atomic mass is 35.5. The van der Waals surface area contributed by atoms with Crippen LogP contribution in [0.25, 0.3) is 0 Å². The van der Waals surface area contributed by atoms with E-state index in [9.17, 15) is 13.2 Å². The average Bonchev–Trinajstić information content (AvgIpc) is 3.18. The summed E-state index contributed by atoms with van der Waals surface area (Å²) in [5, 5.41) is 6.63. The number of nitrogens with one attached hydrogen (secondary N) is 2. The molecule has 44 heavy (non-hydrogen) atoms. The Balaban J connectivity index is 1.24. The lowest BCUT2D eigenvalue weighted by atomic mass is 10.0. The van der Waals surface area contributed by atoms with Crippen molar-refractivity contribution in [1.29, 1.82) is 0 Å². The van der Waals surface area contributed by atoms with Crippen molar-refractivity contribution in [2.75, 3.05) is 47.9 Å². The zero-order valence-corrected chi connectivity index (χ0v) is 26.9. The molecule has 0 radical (unpaired) electrons. The summed E-state index contributed by atoms with van der Waals surface area (Å²) in [5.74, 6) is -0.0758. The first-order valence-corrected chi connectivity index (χ1v) is 16.5. The molecule has 2 unspecified atom stereocenters. The average molecular weight is 645 g/mol. The van der Waals surface area contributed by atoms with Gasteiger partial charge in [-0.2, -0.15) is 4.98 Å². The Bertz CT molecular complexity index is 1640. The predicted molar refractivity (Wildman–Crippen MR) is 167 cm³/mol. The van der Waals surface area contributed by atoms with E-state index in [1.165, 1.54) is 31.2 Å². The lowest BCUT2D eigenvalue weighted by Gasteiger charge is -2.40. The van der Waals surface area contributed by atoms with Crippen LogP contribution in [0.3, 0.4) is 0 Å². The summed E-state index contributed by atoms with van der Waals surface area (Å²) in [6, 6.07) is 6.08. The molecule has 0 bridgehead atoms. The number of rotatable bonds is 8. The van der Waals surface area contributed by atoms with E-state index in [1.807, 2.05) is 31.7 Å². The standard InChI is InChI=1S/C29H37ClN8O5S/c1-18-22(17-42-29(2,3)43-18)27(39)38-12-8-19-6-7-21(14-20(19)9-13-38)35-28-34-15-23(30)25(36-28)33-16-24-26(32-11-10-31-24)37(4)44(5,40)41/h6-7,10-11,14-15,18,22H,8-9,12-13,16-17H2,1-5H3,(H2,33,34,35,36). The molecule has 1 aromatic carbocycles. The van der Waals surface area contributed by atoms with Crippen molar-refractivity contribution in [3.05, 3.63) is 58.6 Å². The van der Waals surface area contributed by atoms with Crippen LogP contribution in [0.2, 0.25) is 5.02 Å². The smallest absolute Gasteiger partial charge is 0.233 e. The van der Waals surface area contributed by atoms with Crippen molar-refractivity contribution in [2.45, 2.75) is 52.0 Å². The zero-order valence-electron chi connectivity index (χ0n) is 25.4. The molecule has 1 fully saturated rings. The third-order valence-corrected chi connectivity index (χ3v) is 9.20. The Kier molecular flexibility index (Phi) is 9.25. The van der Waals surface area contributed by atoms with Gasteiger partial charge < -0.3 is 25.0 Å². The maximum absolute atomic E-state index is 13.4. The summed E-state index contributed by atoms with van der Waals surface area (Å²) in [7, 11) is -2.11. The van der Waals surface area contributed by atoms with Gasteiger partial charge in [-0.25, -0.2) is 18.4 Å². The third-order valence-electron chi connectivity index (χ3n) is 7.76. The summed E-state index contributed by atoms with van der Waals surface area (Å²) in [6.45, 7) is 7.37. The molecule has 236 valence electrons. The van der Waals surface area contributed by atoms with Crippen LogP contribution in [0.1, 0.15) is 37.6 Å². The Morgan fingerprint density at radius 3 is 2.61 bits per heavy atom. The minimum atomic E-state index is -3.53. The minimum absolute atomic E-state index is 0.0605. The number of ether oxygens (including phenoxy) is 2. The SMILES string of the molecule is CC1OC(C)(C)OCC1C(=O)N1CCc2ccc(Nc3ncc(Cl)c(NCc4nccnc4N(C)S(C)(=O)=O)n3)cc2CC1. The van der Waals surface area contributed by atoms with Crippen molar-refractivity contribution >= 4 is 50.8 Å². The largest absolute Gasteiger partial charge is 0.363 e. The van der Waals surface area contributed by atoms with Crippen molar-refractivity contribution in [1.82, 2.24) is 24.8 Å². The molecule has 1 saturated heterocycles. The lowest BCUT2D eigenvalue weighted by Crippen LogP contribution is -2.51. The first kappa shape index (κ1) is 31.8.